The van der Waals surface area contributed by atoms with E-state index in [4.69, 9.17) is 11.6 Å². The van der Waals surface area contributed by atoms with Crippen molar-refractivity contribution in [1.82, 2.24) is 14.7 Å². The van der Waals surface area contributed by atoms with Gasteiger partial charge in [0.15, 0.2) is 0 Å². The number of aromatic amines is 1. The van der Waals surface area contributed by atoms with Crippen LogP contribution in [0.5, 0.6) is 0 Å². The van der Waals surface area contributed by atoms with Gasteiger partial charge >= 0.3 is 0 Å². The summed E-state index contributed by atoms with van der Waals surface area (Å²) in [6, 6.07) is 12.3. The maximum Gasteiger partial charge on any atom is 0.241 e. The van der Waals surface area contributed by atoms with Gasteiger partial charge in [-0.05, 0) is 30.2 Å². The van der Waals surface area contributed by atoms with Gasteiger partial charge in [-0.3, -0.25) is 0 Å². The predicted molar refractivity (Wildman–Crippen MR) is 98.8 cm³/mol. The zero-order chi connectivity index (χ0) is 18.7. The number of nitrogens with zero attached hydrogens (tertiary/aromatic N) is 1. The second-order valence-electron chi connectivity index (χ2n) is 5.71. The van der Waals surface area contributed by atoms with Gasteiger partial charge < -0.3 is 4.98 Å². The second kappa shape index (κ2) is 7.57. The number of imidazole rings is 1. The minimum absolute atomic E-state index is 0.0998. The van der Waals surface area contributed by atoms with Crippen LogP contribution < -0.4 is 4.72 Å². The summed E-state index contributed by atoms with van der Waals surface area (Å²) in [7, 11) is -3.88. The molecule has 3 rings (SSSR count). The molecule has 0 fully saturated rings. The van der Waals surface area contributed by atoms with Crippen LogP contribution in [0.1, 0.15) is 25.2 Å². The Bertz CT molecular complexity index is 1010. The number of benzene rings is 2. The summed E-state index contributed by atoms with van der Waals surface area (Å²) in [5.74, 6) is -0.167. The molecule has 5 nitrogen and oxygen atoms in total. The van der Waals surface area contributed by atoms with Crippen molar-refractivity contribution in [3.63, 3.8) is 0 Å². The Hall–Kier alpha value is -2.22. The van der Waals surface area contributed by atoms with Gasteiger partial charge in [0, 0.05) is 0 Å². The molecule has 0 aliphatic heterocycles. The molecule has 0 spiro atoms. The number of H-pyrrole nitrogens is 1. The van der Waals surface area contributed by atoms with Crippen LogP contribution >= 0.6 is 11.6 Å². The van der Waals surface area contributed by atoms with E-state index in [1.807, 2.05) is 37.3 Å². The molecule has 2 N–H and O–H groups in total. The van der Waals surface area contributed by atoms with E-state index < -0.39 is 21.9 Å². The van der Waals surface area contributed by atoms with E-state index in [9.17, 15) is 12.8 Å². The fourth-order valence-corrected chi connectivity index (χ4v) is 4.06. The highest BCUT2D eigenvalue weighted by molar-refractivity contribution is 7.89. The third-order valence-corrected chi connectivity index (χ3v) is 5.68. The predicted octanol–water partition coefficient (Wildman–Crippen LogP) is 4.30. The average molecular weight is 394 g/mol. The Morgan fingerprint density at radius 2 is 1.96 bits per heavy atom. The maximum atomic E-state index is 13.3. The zero-order valence-corrected chi connectivity index (χ0v) is 15.5. The van der Waals surface area contributed by atoms with Gasteiger partial charge in [0.25, 0.3) is 0 Å². The van der Waals surface area contributed by atoms with Gasteiger partial charge in [0.1, 0.15) is 11.6 Å². The lowest BCUT2D eigenvalue weighted by molar-refractivity contribution is 0.539. The summed E-state index contributed by atoms with van der Waals surface area (Å²) in [5, 5.41) is -0.245. The monoisotopic (exact) mass is 393 g/mol. The lowest BCUT2D eigenvalue weighted by Crippen LogP contribution is -2.29. The molecule has 1 heterocycles. The SMILES string of the molecule is CCC(NS(=O)(=O)c1ccc(F)c(Cl)c1)c1ncc(-c2ccccc2)[nH]1. The van der Waals surface area contributed by atoms with Crippen molar-refractivity contribution in [2.45, 2.75) is 24.3 Å². The topological polar surface area (TPSA) is 74.8 Å². The number of halogens is 2. The van der Waals surface area contributed by atoms with Gasteiger partial charge in [-0.25, -0.2) is 22.5 Å². The van der Waals surface area contributed by atoms with E-state index in [1.54, 1.807) is 6.20 Å². The molecule has 1 atom stereocenters. The fraction of sp³-hybridized carbons (Fsp3) is 0.167. The van der Waals surface area contributed by atoms with Gasteiger partial charge in [0.2, 0.25) is 10.0 Å². The van der Waals surface area contributed by atoms with Gasteiger partial charge in [-0.2, -0.15) is 0 Å². The number of hydrogen-bond acceptors (Lipinski definition) is 3. The van der Waals surface area contributed by atoms with Crippen LogP contribution in [0.3, 0.4) is 0 Å². The van der Waals surface area contributed by atoms with Crippen molar-refractivity contribution in [2.24, 2.45) is 0 Å². The summed E-state index contributed by atoms with van der Waals surface area (Å²) < 4.78 is 41.0. The molecule has 1 aromatic heterocycles. The molecule has 0 amide bonds. The van der Waals surface area contributed by atoms with E-state index in [0.717, 1.165) is 23.4 Å². The molecule has 136 valence electrons. The average Bonchev–Trinajstić information content (AvgIpc) is 3.12. The van der Waals surface area contributed by atoms with E-state index >= 15 is 0 Å². The Morgan fingerprint density at radius 1 is 1.23 bits per heavy atom. The van der Waals surface area contributed by atoms with Crippen molar-refractivity contribution in [2.75, 3.05) is 0 Å². The highest BCUT2D eigenvalue weighted by Gasteiger charge is 2.23. The summed E-state index contributed by atoms with van der Waals surface area (Å²) >= 11 is 5.69. The smallest absolute Gasteiger partial charge is 0.241 e. The van der Waals surface area contributed by atoms with Crippen LogP contribution in [0.25, 0.3) is 11.3 Å². The van der Waals surface area contributed by atoms with Crippen LogP contribution in [0.4, 0.5) is 4.39 Å². The molecule has 0 radical (unpaired) electrons. The van der Waals surface area contributed by atoms with Crippen molar-refractivity contribution in [1.29, 1.82) is 0 Å². The highest BCUT2D eigenvalue weighted by atomic mass is 35.5. The van der Waals surface area contributed by atoms with Crippen LogP contribution in [0, 0.1) is 5.82 Å². The summed E-state index contributed by atoms with van der Waals surface area (Å²) in [5.41, 5.74) is 1.75. The fourth-order valence-electron chi connectivity index (χ4n) is 2.51. The highest BCUT2D eigenvalue weighted by Crippen LogP contribution is 2.24. The first-order chi connectivity index (χ1) is 12.4. The van der Waals surface area contributed by atoms with Crippen molar-refractivity contribution in [3.05, 3.63) is 71.4 Å². The molecule has 0 saturated heterocycles. The maximum absolute atomic E-state index is 13.3. The van der Waals surface area contributed by atoms with E-state index in [-0.39, 0.29) is 9.92 Å². The Kier molecular flexibility index (Phi) is 5.41. The summed E-state index contributed by atoms with van der Waals surface area (Å²) in [6.07, 6.45) is 2.15. The van der Waals surface area contributed by atoms with Crippen LogP contribution in [0.15, 0.2) is 59.6 Å². The molecular formula is C18H17ClFN3O2S. The molecule has 3 aromatic rings. The van der Waals surface area contributed by atoms with Crippen molar-refractivity contribution >= 4 is 21.6 Å². The largest absolute Gasteiger partial charge is 0.341 e. The molecule has 0 aliphatic carbocycles. The lowest BCUT2D eigenvalue weighted by atomic mass is 10.2. The van der Waals surface area contributed by atoms with E-state index in [1.165, 1.54) is 6.07 Å². The molecule has 0 aliphatic rings. The molecule has 2 aromatic carbocycles. The third-order valence-electron chi connectivity index (χ3n) is 3.92. The van der Waals surface area contributed by atoms with Gasteiger partial charge in [-0.15, -0.1) is 0 Å². The molecule has 26 heavy (non-hydrogen) atoms. The first-order valence-electron chi connectivity index (χ1n) is 7.98. The van der Waals surface area contributed by atoms with Gasteiger partial charge in [0.05, 0.1) is 27.9 Å². The molecule has 8 heteroatoms. The molecule has 1 unspecified atom stereocenters. The first-order valence-corrected chi connectivity index (χ1v) is 9.84. The number of hydrogen-bond donors (Lipinski definition) is 2. The lowest BCUT2D eigenvalue weighted by Gasteiger charge is -2.15. The van der Waals surface area contributed by atoms with Crippen LogP contribution in [-0.4, -0.2) is 18.4 Å². The van der Waals surface area contributed by atoms with Crippen molar-refractivity contribution in [3.8, 4) is 11.3 Å². The third kappa shape index (κ3) is 3.95. The van der Waals surface area contributed by atoms with Crippen LogP contribution in [-0.2, 0) is 10.0 Å². The Balaban J connectivity index is 1.85. The number of aromatic nitrogens is 2. The van der Waals surface area contributed by atoms with E-state index in [0.29, 0.717) is 12.2 Å². The number of nitrogens with one attached hydrogen (secondary N) is 2. The summed E-state index contributed by atoms with van der Waals surface area (Å²) in [6.45, 7) is 1.84. The Morgan fingerprint density at radius 3 is 2.62 bits per heavy atom. The minimum atomic E-state index is -3.88. The quantitative estimate of drug-likeness (QED) is 0.655. The normalized spacial score (nSPS) is 12.9. The summed E-state index contributed by atoms with van der Waals surface area (Å²) in [4.78, 5) is 7.36. The number of rotatable bonds is 6. The molecular weight excluding hydrogens is 377 g/mol. The van der Waals surface area contributed by atoms with E-state index in [2.05, 4.69) is 14.7 Å². The molecule has 0 saturated carbocycles. The van der Waals surface area contributed by atoms with Crippen LogP contribution in [0.2, 0.25) is 5.02 Å². The van der Waals surface area contributed by atoms with Crippen molar-refractivity contribution < 1.29 is 12.8 Å². The molecule has 0 bridgehead atoms. The van der Waals surface area contributed by atoms with Gasteiger partial charge in [-0.1, -0.05) is 48.9 Å². The second-order valence-corrected chi connectivity index (χ2v) is 7.83. The standard InChI is InChI=1S/C18H17ClFN3O2S/c1-2-16(18-21-11-17(22-18)12-6-4-3-5-7-12)23-26(24,25)13-8-9-15(20)14(19)10-13/h3-11,16,23H,2H2,1H3,(H,21,22). The zero-order valence-electron chi connectivity index (χ0n) is 13.9. The Labute approximate surface area is 156 Å². The first kappa shape index (κ1) is 18.6. The minimum Gasteiger partial charge on any atom is -0.341 e. The number of sulfonamides is 1.